The van der Waals surface area contributed by atoms with E-state index in [2.05, 4.69) is 40.5 Å². The van der Waals surface area contributed by atoms with Crippen molar-refractivity contribution in [1.29, 1.82) is 0 Å². The lowest BCUT2D eigenvalue weighted by molar-refractivity contribution is 0.850. The molecule has 1 aliphatic heterocycles. The van der Waals surface area contributed by atoms with Gasteiger partial charge in [-0.3, -0.25) is 0 Å². The second kappa shape index (κ2) is 4.37. The molecule has 1 aromatic carbocycles. The van der Waals surface area contributed by atoms with Crippen LogP contribution in [0.2, 0.25) is 0 Å². The van der Waals surface area contributed by atoms with E-state index in [9.17, 15) is 0 Å². The highest BCUT2D eigenvalue weighted by atomic mass is 32.1. The third-order valence-electron chi connectivity index (χ3n) is 3.49. The van der Waals surface area contributed by atoms with E-state index in [1.807, 2.05) is 6.92 Å². The second-order valence-corrected chi connectivity index (χ2v) is 5.75. The molecule has 0 aliphatic carbocycles. The summed E-state index contributed by atoms with van der Waals surface area (Å²) in [6, 6.07) is 6.44. The Labute approximate surface area is 111 Å². The van der Waals surface area contributed by atoms with Gasteiger partial charge in [-0.05, 0) is 30.5 Å². The van der Waals surface area contributed by atoms with Crippen molar-refractivity contribution in [3.8, 4) is 0 Å². The fraction of sp³-hybridized carbons (Fsp3) is 0.357. The molecule has 0 bridgehead atoms. The van der Waals surface area contributed by atoms with Crippen LogP contribution < -0.4 is 10.6 Å². The van der Waals surface area contributed by atoms with Gasteiger partial charge < -0.3 is 10.6 Å². The van der Waals surface area contributed by atoms with Crippen LogP contribution in [-0.4, -0.2) is 18.6 Å². The van der Waals surface area contributed by atoms with Crippen LogP contribution in [-0.2, 0) is 6.42 Å². The quantitative estimate of drug-likeness (QED) is 0.901. The number of rotatable bonds is 2. The van der Waals surface area contributed by atoms with Crippen LogP contribution in [0.1, 0.15) is 27.9 Å². The molecule has 0 saturated carbocycles. The Balaban J connectivity index is 1.93. The van der Waals surface area contributed by atoms with E-state index in [4.69, 9.17) is 5.73 Å². The number of nitrogens with zero attached hydrogens (tertiary/aromatic N) is 2. The molecule has 1 aromatic heterocycles. The van der Waals surface area contributed by atoms with Gasteiger partial charge in [0.05, 0.1) is 6.04 Å². The first kappa shape index (κ1) is 11.7. The highest BCUT2D eigenvalue weighted by molar-refractivity contribution is 7.09. The average Bonchev–Trinajstić information content (AvgIpc) is 2.95. The number of aryl methyl sites for hydroxylation is 1. The van der Waals surface area contributed by atoms with Gasteiger partial charge in [-0.25, -0.2) is 4.98 Å². The number of fused-ring (bicyclic) bond motifs is 1. The molecule has 94 valence electrons. The van der Waals surface area contributed by atoms with Crippen molar-refractivity contribution in [2.45, 2.75) is 19.4 Å². The Morgan fingerprint density at radius 2 is 2.28 bits per heavy atom. The molecule has 3 rings (SSSR count). The Hall–Kier alpha value is -1.39. The van der Waals surface area contributed by atoms with Crippen molar-refractivity contribution in [3.63, 3.8) is 0 Å². The summed E-state index contributed by atoms with van der Waals surface area (Å²) < 4.78 is 0. The summed E-state index contributed by atoms with van der Waals surface area (Å²) in [6.07, 6.45) is 1.11. The third kappa shape index (κ3) is 1.91. The van der Waals surface area contributed by atoms with Gasteiger partial charge >= 0.3 is 0 Å². The maximum atomic E-state index is 6.29. The van der Waals surface area contributed by atoms with E-state index in [-0.39, 0.29) is 6.04 Å². The number of likely N-dealkylation sites (N-methyl/N-ethyl adjacent to an activating group) is 1. The van der Waals surface area contributed by atoms with Crippen LogP contribution in [0.25, 0.3) is 0 Å². The van der Waals surface area contributed by atoms with Crippen LogP contribution in [0.4, 0.5) is 5.69 Å². The summed E-state index contributed by atoms with van der Waals surface area (Å²) in [5, 5.41) is 3.05. The first-order valence-electron chi connectivity index (χ1n) is 6.17. The van der Waals surface area contributed by atoms with Crippen LogP contribution in [0.5, 0.6) is 0 Å². The van der Waals surface area contributed by atoms with Gasteiger partial charge in [0, 0.05) is 30.4 Å². The number of benzene rings is 1. The van der Waals surface area contributed by atoms with Gasteiger partial charge in [0.25, 0.3) is 0 Å². The molecule has 0 amide bonds. The van der Waals surface area contributed by atoms with E-state index in [1.165, 1.54) is 16.8 Å². The summed E-state index contributed by atoms with van der Waals surface area (Å²) in [6.45, 7) is 3.11. The molecule has 0 radical (unpaired) electrons. The minimum atomic E-state index is -0.0973. The fourth-order valence-corrected chi connectivity index (χ4v) is 3.26. The van der Waals surface area contributed by atoms with Crippen molar-refractivity contribution >= 4 is 17.0 Å². The fourth-order valence-electron chi connectivity index (χ4n) is 2.44. The standard InChI is InChI=1S/C14H17N3S/c1-9-8-18-14(16-9)13(15)11-3-4-12-10(7-11)5-6-17(12)2/h3-4,7-8,13H,5-6,15H2,1-2H3. The Kier molecular flexibility index (Phi) is 2.84. The number of hydrogen-bond acceptors (Lipinski definition) is 4. The van der Waals surface area contributed by atoms with Gasteiger partial charge in [0.2, 0.25) is 0 Å². The summed E-state index contributed by atoms with van der Waals surface area (Å²) in [4.78, 5) is 6.77. The van der Waals surface area contributed by atoms with Crippen LogP contribution in [0.15, 0.2) is 23.6 Å². The SMILES string of the molecule is Cc1csc(C(N)c2ccc3c(c2)CCN3C)n1. The highest BCUT2D eigenvalue weighted by Gasteiger charge is 2.19. The predicted molar refractivity (Wildman–Crippen MR) is 76.3 cm³/mol. The zero-order valence-electron chi connectivity index (χ0n) is 10.7. The normalized spacial score (nSPS) is 15.8. The number of hydrogen-bond donors (Lipinski definition) is 1. The van der Waals surface area contributed by atoms with E-state index >= 15 is 0 Å². The van der Waals surface area contributed by atoms with Gasteiger partial charge in [0.15, 0.2) is 0 Å². The Bertz CT molecular complexity index is 576. The number of anilines is 1. The Morgan fingerprint density at radius 1 is 1.44 bits per heavy atom. The van der Waals surface area contributed by atoms with Gasteiger partial charge in [-0.1, -0.05) is 12.1 Å². The topological polar surface area (TPSA) is 42.1 Å². The lowest BCUT2D eigenvalue weighted by atomic mass is 10.0. The minimum absolute atomic E-state index is 0.0973. The lowest BCUT2D eigenvalue weighted by Crippen LogP contribution is -2.13. The average molecular weight is 259 g/mol. The van der Waals surface area contributed by atoms with Crippen LogP contribution in [0, 0.1) is 6.92 Å². The van der Waals surface area contributed by atoms with Crippen molar-refractivity contribution in [2.75, 3.05) is 18.5 Å². The molecule has 18 heavy (non-hydrogen) atoms. The molecular weight excluding hydrogens is 242 g/mol. The molecule has 4 heteroatoms. The minimum Gasteiger partial charge on any atom is -0.374 e. The first-order chi connectivity index (χ1) is 8.65. The third-order valence-corrected chi connectivity index (χ3v) is 4.54. The van der Waals surface area contributed by atoms with E-state index < -0.39 is 0 Å². The molecule has 0 fully saturated rings. The van der Waals surface area contributed by atoms with Crippen LogP contribution in [0.3, 0.4) is 0 Å². The number of aromatic nitrogens is 1. The molecule has 0 spiro atoms. The number of thiazole rings is 1. The molecular formula is C14H17N3S. The maximum absolute atomic E-state index is 6.29. The van der Waals surface area contributed by atoms with Gasteiger partial charge in [0.1, 0.15) is 5.01 Å². The van der Waals surface area contributed by atoms with E-state index in [1.54, 1.807) is 11.3 Å². The van der Waals surface area contributed by atoms with Gasteiger partial charge in [-0.2, -0.15) is 0 Å². The molecule has 2 heterocycles. The first-order valence-corrected chi connectivity index (χ1v) is 7.04. The van der Waals surface area contributed by atoms with E-state index in [0.29, 0.717) is 0 Å². The molecule has 1 atom stereocenters. The Morgan fingerprint density at radius 3 is 3.00 bits per heavy atom. The summed E-state index contributed by atoms with van der Waals surface area (Å²) in [7, 11) is 2.13. The molecule has 3 nitrogen and oxygen atoms in total. The van der Waals surface area contributed by atoms with Gasteiger partial charge in [-0.15, -0.1) is 11.3 Å². The van der Waals surface area contributed by atoms with Crippen molar-refractivity contribution in [3.05, 3.63) is 45.4 Å². The largest absolute Gasteiger partial charge is 0.374 e. The summed E-state index contributed by atoms with van der Waals surface area (Å²) in [5.74, 6) is 0. The molecule has 2 aromatic rings. The van der Waals surface area contributed by atoms with E-state index in [0.717, 1.165) is 23.7 Å². The summed E-state index contributed by atoms with van der Waals surface area (Å²) in [5.41, 5.74) is 11.2. The van der Waals surface area contributed by atoms with Crippen LogP contribution >= 0.6 is 11.3 Å². The van der Waals surface area contributed by atoms with Crippen molar-refractivity contribution in [2.24, 2.45) is 5.73 Å². The summed E-state index contributed by atoms with van der Waals surface area (Å²) >= 11 is 1.64. The molecule has 1 aliphatic rings. The lowest BCUT2D eigenvalue weighted by Gasteiger charge is -2.14. The highest BCUT2D eigenvalue weighted by Crippen LogP contribution is 2.31. The number of nitrogens with two attached hydrogens (primary N) is 1. The zero-order chi connectivity index (χ0) is 12.7. The monoisotopic (exact) mass is 259 g/mol. The maximum Gasteiger partial charge on any atom is 0.114 e. The van der Waals surface area contributed by atoms with Crippen molar-refractivity contribution in [1.82, 2.24) is 4.98 Å². The smallest absolute Gasteiger partial charge is 0.114 e. The molecule has 1 unspecified atom stereocenters. The molecule has 2 N–H and O–H groups in total. The predicted octanol–water partition coefficient (Wildman–Crippen LogP) is 2.49. The second-order valence-electron chi connectivity index (χ2n) is 4.86. The molecule has 0 saturated heterocycles. The zero-order valence-corrected chi connectivity index (χ0v) is 11.5. The van der Waals surface area contributed by atoms with Crippen molar-refractivity contribution < 1.29 is 0 Å².